The standard InChI is InChI=1S/C21H23ClN4O4/c22-17-5-8-19(9-6-17)30-15-21(27)24-23-14-16-13-18(26(28)29)7-10-20(16)25-11-3-1-2-4-12-25/h5-10,13-14H,1-4,11-12,15H2,(H,24,27). The molecule has 1 heterocycles. The van der Waals surface area contributed by atoms with E-state index in [-0.39, 0.29) is 12.3 Å². The SMILES string of the molecule is O=C(COc1ccc(Cl)cc1)NN=Cc1cc([N+](=O)[O-])ccc1N1CCCCCC1. The van der Waals surface area contributed by atoms with Crippen molar-refractivity contribution in [2.75, 3.05) is 24.6 Å². The average molecular weight is 431 g/mol. The molecule has 0 radical (unpaired) electrons. The largest absolute Gasteiger partial charge is 0.484 e. The van der Waals surface area contributed by atoms with Gasteiger partial charge in [0, 0.05) is 41.5 Å². The summed E-state index contributed by atoms with van der Waals surface area (Å²) in [5, 5.41) is 15.7. The Morgan fingerprint density at radius 1 is 1.17 bits per heavy atom. The summed E-state index contributed by atoms with van der Waals surface area (Å²) >= 11 is 5.81. The van der Waals surface area contributed by atoms with E-state index in [1.54, 1.807) is 30.3 Å². The molecule has 1 fully saturated rings. The predicted molar refractivity (Wildman–Crippen MR) is 116 cm³/mol. The number of nitrogens with one attached hydrogen (secondary N) is 1. The summed E-state index contributed by atoms with van der Waals surface area (Å²) in [6.07, 6.45) is 5.94. The van der Waals surface area contributed by atoms with Gasteiger partial charge in [-0.15, -0.1) is 0 Å². The van der Waals surface area contributed by atoms with Crippen molar-refractivity contribution in [3.8, 4) is 5.75 Å². The molecule has 0 bridgehead atoms. The Balaban J connectivity index is 1.66. The molecule has 158 valence electrons. The van der Waals surface area contributed by atoms with Gasteiger partial charge in [-0.25, -0.2) is 5.43 Å². The first kappa shape index (κ1) is 21.6. The molecule has 1 aliphatic rings. The van der Waals surface area contributed by atoms with Gasteiger partial charge in [-0.2, -0.15) is 5.10 Å². The number of nitro groups is 1. The predicted octanol–water partition coefficient (Wildman–Crippen LogP) is 4.16. The van der Waals surface area contributed by atoms with E-state index in [2.05, 4.69) is 15.4 Å². The van der Waals surface area contributed by atoms with Crippen LogP contribution >= 0.6 is 11.6 Å². The lowest BCUT2D eigenvalue weighted by atomic mass is 10.1. The molecule has 3 rings (SSSR count). The molecule has 8 nitrogen and oxygen atoms in total. The summed E-state index contributed by atoms with van der Waals surface area (Å²) in [7, 11) is 0. The van der Waals surface area contributed by atoms with Crippen LogP contribution in [0, 0.1) is 10.1 Å². The maximum absolute atomic E-state index is 12.0. The van der Waals surface area contributed by atoms with Crippen molar-refractivity contribution < 1.29 is 14.5 Å². The third-order valence-corrected chi connectivity index (χ3v) is 5.00. The third-order valence-electron chi connectivity index (χ3n) is 4.75. The first-order valence-electron chi connectivity index (χ1n) is 9.76. The van der Waals surface area contributed by atoms with Crippen LogP contribution in [0.15, 0.2) is 47.6 Å². The zero-order valence-electron chi connectivity index (χ0n) is 16.4. The number of carbonyl (C=O) groups is 1. The van der Waals surface area contributed by atoms with Crippen molar-refractivity contribution in [2.24, 2.45) is 5.10 Å². The van der Waals surface area contributed by atoms with Crippen LogP contribution in [0.3, 0.4) is 0 Å². The lowest BCUT2D eigenvalue weighted by Crippen LogP contribution is -2.26. The molecule has 0 unspecified atom stereocenters. The highest BCUT2D eigenvalue weighted by molar-refractivity contribution is 6.30. The molecule has 9 heteroatoms. The smallest absolute Gasteiger partial charge is 0.277 e. The van der Waals surface area contributed by atoms with E-state index in [4.69, 9.17) is 16.3 Å². The number of nitrogens with zero attached hydrogens (tertiary/aromatic N) is 3. The van der Waals surface area contributed by atoms with Gasteiger partial charge < -0.3 is 9.64 Å². The summed E-state index contributed by atoms with van der Waals surface area (Å²) in [5.74, 6) is 0.0728. The van der Waals surface area contributed by atoms with Gasteiger partial charge in [0.1, 0.15) is 5.75 Å². The number of amides is 1. The third kappa shape index (κ3) is 6.18. The van der Waals surface area contributed by atoms with Gasteiger partial charge in [-0.05, 0) is 43.2 Å². The lowest BCUT2D eigenvalue weighted by Gasteiger charge is -2.24. The van der Waals surface area contributed by atoms with Crippen LogP contribution in [0.2, 0.25) is 5.02 Å². The highest BCUT2D eigenvalue weighted by Gasteiger charge is 2.16. The minimum atomic E-state index is -0.442. The Hall–Kier alpha value is -3.13. The van der Waals surface area contributed by atoms with Gasteiger partial charge in [0.15, 0.2) is 6.61 Å². The number of anilines is 1. The van der Waals surface area contributed by atoms with E-state index in [0.29, 0.717) is 16.3 Å². The minimum absolute atomic E-state index is 0.0209. The summed E-state index contributed by atoms with van der Waals surface area (Å²) in [5.41, 5.74) is 3.84. The molecule has 2 aromatic carbocycles. The molecular formula is C21H23ClN4O4. The van der Waals surface area contributed by atoms with Crippen LogP contribution in [0.5, 0.6) is 5.75 Å². The minimum Gasteiger partial charge on any atom is -0.484 e. The molecule has 2 aromatic rings. The molecule has 0 aliphatic carbocycles. The fourth-order valence-electron chi connectivity index (χ4n) is 3.24. The van der Waals surface area contributed by atoms with Crippen LogP contribution in [-0.2, 0) is 4.79 Å². The van der Waals surface area contributed by atoms with E-state index in [1.807, 2.05) is 0 Å². The molecule has 1 aliphatic heterocycles. The number of non-ortho nitro benzene ring substituents is 1. The van der Waals surface area contributed by atoms with E-state index in [9.17, 15) is 14.9 Å². The van der Waals surface area contributed by atoms with Gasteiger partial charge in [0.2, 0.25) is 0 Å². The molecule has 1 N–H and O–H groups in total. The fraction of sp³-hybridized carbons (Fsp3) is 0.333. The number of halogens is 1. The maximum Gasteiger partial charge on any atom is 0.277 e. The number of hydrogen-bond donors (Lipinski definition) is 1. The van der Waals surface area contributed by atoms with E-state index in [0.717, 1.165) is 31.6 Å². The Labute approximate surface area is 179 Å². The van der Waals surface area contributed by atoms with Gasteiger partial charge in [-0.1, -0.05) is 24.4 Å². The Morgan fingerprint density at radius 2 is 1.87 bits per heavy atom. The molecule has 1 amide bonds. The van der Waals surface area contributed by atoms with Crippen molar-refractivity contribution in [1.82, 2.24) is 5.43 Å². The van der Waals surface area contributed by atoms with Gasteiger partial charge >= 0.3 is 0 Å². The zero-order chi connectivity index (χ0) is 21.3. The van der Waals surface area contributed by atoms with Crippen LogP contribution in [0.1, 0.15) is 31.2 Å². The highest BCUT2D eigenvalue weighted by Crippen LogP contribution is 2.26. The normalized spacial score (nSPS) is 14.4. The van der Waals surface area contributed by atoms with Crippen molar-refractivity contribution in [1.29, 1.82) is 0 Å². The van der Waals surface area contributed by atoms with Crippen molar-refractivity contribution in [3.63, 3.8) is 0 Å². The zero-order valence-corrected chi connectivity index (χ0v) is 17.2. The number of hydrazone groups is 1. The topological polar surface area (TPSA) is 97.1 Å². The summed E-state index contributed by atoms with van der Waals surface area (Å²) in [6.45, 7) is 1.56. The van der Waals surface area contributed by atoms with Crippen LogP contribution < -0.4 is 15.1 Å². The van der Waals surface area contributed by atoms with Gasteiger partial charge in [-0.3, -0.25) is 14.9 Å². The number of ether oxygens (including phenoxy) is 1. The fourth-order valence-corrected chi connectivity index (χ4v) is 3.37. The monoisotopic (exact) mass is 430 g/mol. The molecular weight excluding hydrogens is 408 g/mol. The quantitative estimate of drug-likeness (QED) is 0.404. The van der Waals surface area contributed by atoms with Crippen molar-refractivity contribution >= 4 is 35.1 Å². The van der Waals surface area contributed by atoms with Gasteiger partial charge in [0.25, 0.3) is 11.6 Å². The van der Waals surface area contributed by atoms with E-state index >= 15 is 0 Å². The summed E-state index contributed by atoms with van der Waals surface area (Å²) in [6, 6.07) is 11.4. The first-order chi connectivity index (χ1) is 14.5. The number of rotatable bonds is 7. The number of nitro benzene ring substituents is 1. The molecule has 0 spiro atoms. The molecule has 30 heavy (non-hydrogen) atoms. The Bertz CT molecular complexity index is 910. The van der Waals surface area contributed by atoms with Crippen LogP contribution in [0.4, 0.5) is 11.4 Å². The van der Waals surface area contributed by atoms with Gasteiger partial charge in [0.05, 0.1) is 11.1 Å². The second-order valence-corrected chi connectivity index (χ2v) is 7.37. The average Bonchev–Trinajstić information content (AvgIpc) is 3.02. The highest BCUT2D eigenvalue weighted by atomic mass is 35.5. The van der Waals surface area contributed by atoms with E-state index in [1.165, 1.54) is 31.2 Å². The van der Waals surface area contributed by atoms with Crippen LogP contribution in [-0.4, -0.2) is 36.7 Å². The lowest BCUT2D eigenvalue weighted by molar-refractivity contribution is -0.384. The molecule has 0 atom stereocenters. The van der Waals surface area contributed by atoms with Crippen LogP contribution in [0.25, 0.3) is 0 Å². The maximum atomic E-state index is 12.0. The Kier molecular flexibility index (Phi) is 7.62. The molecule has 0 aromatic heterocycles. The Morgan fingerprint density at radius 3 is 2.53 bits per heavy atom. The number of hydrogen-bond acceptors (Lipinski definition) is 6. The summed E-state index contributed by atoms with van der Waals surface area (Å²) in [4.78, 5) is 24.9. The van der Waals surface area contributed by atoms with Crippen molar-refractivity contribution in [2.45, 2.75) is 25.7 Å². The number of benzene rings is 2. The number of carbonyl (C=O) groups excluding carboxylic acids is 1. The van der Waals surface area contributed by atoms with E-state index < -0.39 is 10.8 Å². The second-order valence-electron chi connectivity index (χ2n) is 6.94. The molecule has 0 saturated carbocycles. The first-order valence-corrected chi connectivity index (χ1v) is 10.1. The second kappa shape index (κ2) is 10.6. The molecule has 1 saturated heterocycles. The van der Waals surface area contributed by atoms with Crippen molar-refractivity contribution in [3.05, 3.63) is 63.2 Å². The summed E-state index contributed by atoms with van der Waals surface area (Å²) < 4.78 is 5.37.